The normalized spacial score (nSPS) is 22.9. The van der Waals surface area contributed by atoms with E-state index in [-0.39, 0.29) is 42.8 Å². The van der Waals surface area contributed by atoms with Crippen molar-refractivity contribution in [3.05, 3.63) is 29.8 Å². The second-order valence-corrected chi connectivity index (χ2v) is 8.77. The van der Waals surface area contributed by atoms with E-state index in [1.54, 1.807) is 16.9 Å². The van der Waals surface area contributed by atoms with Crippen LogP contribution in [0.15, 0.2) is 24.3 Å². The standard InChI is InChI=1S/C17H22N2O5S/c1-24-15-5-3-2-4-13(15)11-19-12-14(10-16(19)20)17(21)18-6-8-25(22,23)9-7-18/h2-5,14H,6-12H2,1H3. The summed E-state index contributed by atoms with van der Waals surface area (Å²) >= 11 is 0. The van der Waals surface area contributed by atoms with E-state index in [1.807, 2.05) is 24.3 Å². The van der Waals surface area contributed by atoms with E-state index in [9.17, 15) is 18.0 Å². The molecule has 25 heavy (non-hydrogen) atoms. The van der Waals surface area contributed by atoms with E-state index >= 15 is 0 Å². The second kappa shape index (κ2) is 7.03. The lowest BCUT2D eigenvalue weighted by Crippen LogP contribution is -2.46. The number of carbonyl (C=O) groups is 2. The monoisotopic (exact) mass is 366 g/mol. The number of hydrogen-bond donors (Lipinski definition) is 0. The van der Waals surface area contributed by atoms with E-state index in [0.717, 1.165) is 5.56 Å². The van der Waals surface area contributed by atoms with Crippen molar-refractivity contribution in [2.24, 2.45) is 5.92 Å². The molecule has 3 rings (SSSR count). The first-order valence-corrected chi connectivity index (χ1v) is 10.1. The molecule has 0 aliphatic carbocycles. The van der Waals surface area contributed by atoms with Gasteiger partial charge in [-0.3, -0.25) is 9.59 Å². The van der Waals surface area contributed by atoms with Crippen LogP contribution in [0.1, 0.15) is 12.0 Å². The van der Waals surface area contributed by atoms with Crippen molar-refractivity contribution < 1.29 is 22.7 Å². The molecule has 0 spiro atoms. The Morgan fingerprint density at radius 1 is 1.24 bits per heavy atom. The molecule has 0 radical (unpaired) electrons. The lowest BCUT2D eigenvalue weighted by molar-refractivity contribution is -0.135. The van der Waals surface area contributed by atoms with Crippen molar-refractivity contribution >= 4 is 21.7 Å². The van der Waals surface area contributed by atoms with Crippen LogP contribution in [-0.2, 0) is 26.0 Å². The quantitative estimate of drug-likeness (QED) is 0.765. The van der Waals surface area contributed by atoms with Gasteiger partial charge in [-0.1, -0.05) is 18.2 Å². The highest BCUT2D eigenvalue weighted by Crippen LogP contribution is 2.26. The van der Waals surface area contributed by atoms with E-state index in [2.05, 4.69) is 0 Å². The average Bonchev–Trinajstić information content (AvgIpc) is 2.95. The number of benzene rings is 1. The third kappa shape index (κ3) is 3.95. The van der Waals surface area contributed by atoms with Crippen LogP contribution in [0.25, 0.3) is 0 Å². The van der Waals surface area contributed by atoms with Gasteiger partial charge in [-0.15, -0.1) is 0 Å². The summed E-state index contributed by atoms with van der Waals surface area (Å²) in [4.78, 5) is 28.1. The van der Waals surface area contributed by atoms with Crippen LogP contribution in [0, 0.1) is 5.92 Å². The maximum Gasteiger partial charge on any atom is 0.228 e. The lowest BCUT2D eigenvalue weighted by atomic mass is 10.1. The molecule has 136 valence electrons. The number of para-hydroxylation sites is 1. The van der Waals surface area contributed by atoms with E-state index in [1.165, 1.54) is 0 Å². The summed E-state index contributed by atoms with van der Waals surface area (Å²) in [7, 11) is -1.44. The predicted octanol–water partition coefficient (Wildman–Crippen LogP) is 0.301. The van der Waals surface area contributed by atoms with Crippen LogP contribution in [-0.4, -0.2) is 68.3 Å². The Labute approximate surface area is 147 Å². The number of amides is 2. The second-order valence-electron chi connectivity index (χ2n) is 6.46. The first-order chi connectivity index (χ1) is 11.9. The first-order valence-electron chi connectivity index (χ1n) is 8.28. The predicted molar refractivity (Wildman–Crippen MR) is 91.8 cm³/mol. The van der Waals surface area contributed by atoms with Gasteiger partial charge in [0.2, 0.25) is 11.8 Å². The molecule has 0 aromatic heterocycles. The van der Waals surface area contributed by atoms with Crippen molar-refractivity contribution in [2.45, 2.75) is 13.0 Å². The molecule has 0 saturated carbocycles. The molecule has 2 saturated heterocycles. The summed E-state index contributed by atoms with van der Waals surface area (Å²) in [6, 6.07) is 7.49. The van der Waals surface area contributed by atoms with Crippen LogP contribution < -0.4 is 4.74 Å². The molecule has 1 atom stereocenters. The van der Waals surface area contributed by atoms with Crippen molar-refractivity contribution in [1.29, 1.82) is 0 Å². The van der Waals surface area contributed by atoms with Crippen molar-refractivity contribution in [2.75, 3.05) is 38.2 Å². The molecule has 8 heteroatoms. The van der Waals surface area contributed by atoms with Crippen LogP contribution in [0.2, 0.25) is 0 Å². The third-order valence-corrected chi connectivity index (χ3v) is 6.38. The topological polar surface area (TPSA) is 84.0 Å². The average molecular weight is 366 g/mol. The van der Waals surface area contributed by atoms with E-state index in [0.29, 0.717) is 18.8 Å². The maximum atomic E-state index is 12.6. The van der Waals surface area contributed by atoms with Gasteiger partial charge in [0.25, 0.3) is 0 Å². The number of carbonyl (C=O) groups excluding carboxylic acids is 2. The van der Waals surface area contributed by atoms with Gasteiger partial charge in [0.15, 0.2) is 9.84 Å². The van der Waals surface area contributed by atoms with E-state index < -0.39 is 15.8 Å². The number of methoxy groups -OCH3 is 1. The zero-order valence-electron chi connectivity index (χ0n) is 14.2. The van der Waals surface area contributed by atoms with Crippen molar-refractivity contribution in [3.8, 4) is 5.75 Å². The molecule has 7 nitrogen and oxygen atoms in total. The van der Waals surface area contributed by atoms with E-state index in [4.69, 9.17) is 4.74 Å². The number of sulfone groups is 1. The Kier molecular flexibility index (Phi) is 4.99. The SMILES string of the molecule is COc1ccccc1CN1CC(C(=O)N2CCS(=O)(=O)CC2)CC1=O. The fourth-order valence-electron chi connectivity index (χ4n) is 3.32. The summed E-state index contributed by atoms with van der Waals surface area (Å²) in [6.07, 6.45) is 0.178. The highest BCUT2D eigenvalue weighted by atomic mass is 32.2. The van der Waals surface area contributed by atoms with Crippen molar-refractivity contribution in [3.63, 3.8) is 0 Å². The number of hydrogen-bond acceptors (Lipinski definition) is 5. The Morgan fingerprint density at radius 3 is 2.60 bits per heavy atom. The molecular weight excluding hydrogens is 344 g/mol. The van der Waals surface area contributed by atoms with Gasteiger partial charge >= 0.3 is 0 Å². The molecule has 2 heterocycles. The van der Waals surface area contributed by atoms with Crippen molar-refractivity contribution in [1.82, 2.24) is 9.80 Å². The minimum Gasteiger partial charge on any atom is -0.496 e. The minimum absolute atomic E-state index is 0.00430. The van der Waals surface area contributed by atoms with Gasteiger partial charge in [0.1, 0.15) is 5.75 Å². The van der Waals surface area contributed by atoms with Gasteiger partial charge in [-0.2, -0.15) is 0 Å². The van der Waals surface area contributed by atoms with Crippen LogP contribution in [0.4, 0.5) is 0 Å². The van der Waals surface area contributed by atoms with Crippen LogP contribution in [0.5, 0.6) is 5.75 Å². The minimum atomic E-state index is -3.03. The van der Waals surface area contributed by atoms with Crippen LogP contribution >= 0.6 is 0 Å². The summed E-state index contributed by atoms with van der Waals surface area (Å²) in [5, 5.41) is 0. The molecule has 1 unspecified atom stereocenters. The Morgan fingerprint density at radius 2 is 1.92 bits per heavy atom. The maximum absolute atomic E-state index is 12.6. The number of rotatable bonds is 4. The number of likely N-dealkylation sites (tertiary alicyclic amines) is 1. The molecule has 2 aliphatic rings. The van der Waals surface area contributed by atoms with Gasteiger partial charge in [0, 0.05) is 38.2 Å². The molecule has 0 N–H and O–H groups in total. The lowest BCUT2D eigenvalue weighted by Gasteiger charge is -2.29. The number of ether oxygens (including phenoxy) is 1. The number of nitrogens with zero attached hydrogens (tertiary/aromatic N) is 2. The fraction of sp³-hybridized carbons (Fsp3) is 0.529. The Hall–Kier alpha value is -2.09. The van der Waals surface area contributed by atoms with Crippen LogP contribution in [0.3, 0.4) is 0 Å². The Bertz CT molecular complexity index is 763. The summed E-state index contributed by atoms with van der Waals surface area (Å²) in [6.45, 7) is 1.21. The highest BCUT2D eigenvalue weighted by molar-refractivity contribution is 7.91. The molecule has 1 aromatic carbocycles. The molecule has 1 aromatic rings. The smallest absolute Gasteiger partial charge is 0.228 e. The first kappa shape index (κ1) is 17.7. The Balaban J connectivity index is 1.63. The zero-order chi connectivity index (χ0) is 18.0. The molecule has 2 amide bonds. The molecular formula is C17H22N2O5S. The fourth-order valence-corrected chi connectivity index (χ4v) is 4.52. The van der Waals surface area contributed by atoms with Gasteiger partial charge in [0.05, 0.1) is 24.5 Å². The molecule has 0 bridgehead atoms. The third-order valence-electron chi connectivity index (χ3n) is 4.77. The zero-order valence-corrected chi connectivity index (χ0v) is 15.0. The molecule has 2 aliphatic heterocycles. The van der Waals surface area contributed by atoms with Gasteiger partial charge in [-0.05, 0) is 6.07 Å². The summed E-state index contributed by atoms with van der Waals surface area (Å²) in [5.41, 5.74) is 0.899. The van der Waals surface area contributed by atoms with Gasteiger partial charge < -0.3 is 14.5 Å². The molecule has 2 fully saturated rings. The highest BCUT2D eigenvalue weighted by Gasteiger charge is 2.38. The largest absolute Gasteiger partial charge is 0.496 e. The summed E-state index contributed by atoms with van der Waals surface area (Å²) in [5.74, 6) is 0.142. The summed E-state index contributed by atoms with van der Waals surface area (Å²) < 4.78 is 28.3. The van der Waals surface area contributed by atoms with Gasteiger partial charge in [-0.25, -0.2) is 8.42 Å².